The van der Waals surface area contributed by atoms with Gasteiger partial charge < -0.3 is 25.8 Å². The molecule has 2 aromatic heterocycles. The van der Waals surface area contributed by atoms with E-state index in [0.717, 1.165) is 34.5 Å². The summed E-state index contributed by atoms with van der Waals surface area (Å²) in [7, 11) is 3.27. The zero-order valence-corrected chi connectivity index (χ0v) is 15.9. The molecule has 0 spiro atoms. The smallest absolute Gasteiger partial charge is 0.260 e. The van der Waals surface area contributed by atoms with Gasteiger partial charge in [-0.05, 0) is 29.7 Å². The van der Waals surface area contributed by atoms with Crippen LogP contribution in [0.15, 0.2) is 24.5 Å². The van der Waals surface area contributed by atoms with Crippen LogP contribution in [0.5, 0.6) is 11.5 Å². The number of hydrogen-bond acceptors (Lipinski definition) is 7. The lowest BCUT2D eigenvalue weighted by atomic mass is 9.98. The molecular weight excluding hydrogens is 364 g/mol. The van der Waals surface area contributed by atoms with E-state index >= 15 is 0 Å². The van der Waals surface area contributed by atoms with Gasteiger partial charge in [0.2, 0.25) is 0 Å². The molecule has 0 saturated heterocycles. The molecule has 0 aliphatic carbocycles. The number of nitrogens with zero attached hydrogens (tertiary/aromatic N) is 2. The molecule has 0 unspecified atom stereocenters. The summed E-state index contributed by atoms with van der Waals surface area (Å²) in [4.78, 5) is 18.6. The molecule has 8 heteroatoms. The van der Waals surface area contributed by atoms with Gasteiger partial charge in [-0.15, -0.1) is 11.3 Å². The summed E-state index contributed by atoms with van der Waals surface area (Å²) in [6.07, 6.45) is 4.37. The van der Waals surface area contributed by atoms with Crippen LogP contribution in [-0.2, 0) is 13.0 Å². The topological polar surface area (TPSA) is 104 Å². The number of carbonyl (C=O) groups is 1. The third-order valence-corrected chi connectivity index (χ3v) is 6.05. The number of thiophene rings is 1. The lowest BCUT2D eigenvalue weighted by Gasteiger charge is -2.31. The Kier molecular flexibility index (Phi) is 4.27. The summed E-state index contributed by atoms with van der Waals surface area (Å²) in [5.74, 6) is 0.933. The molecule has 1 amide bonds. The van der Waals surface area contributed by atoms with Gasteiger partial charge in [0.25, 0.3) is 5.91 Å². The normalized spacial score (nSPS) is 13.5. The first-order valence-corrected chi connectivity index (χ1v) is 9.29. The molecule has 4 N–H and O–H groups in total. The van der Waals surface area contributed by atoms with Crippen LogP contribution in [0.1, 0.15) is 20.8 Å². The fourth-order valence-electron chi connectivity index (χ4n) is 3.57. The summed E-state index contributed by atoms with van der Waals surface area (Å²) in [5, 5.41) is 0.840. The van der Waals surface area contributed by atoms with E-state index in [1.54, 1.807) is 26.6 Å². The number of benzene rings is 1. The van der Waals surface area contributed by atoms with E-state index in [9.17, 15) is 4.79 Å². The number of ether oxygens (including phenoxy) is 2. The van der Waals surface area contributed by atoms with Crippen LogP contribution in [0.25, 0.3) is 10.1 Å². The van der Waals surface area contributed by atoms with Crippen molar-refractivity contribution < 1.29 is 14.3 Å². The molecule has 3 aromatic rings. The second-order valence-corrected chi connectivity index (χ2v) is 7.44. The predicted octanol–water partition coefficient (Wildman–Crippen LogP) is 2.56. The number of pyridine rings is 1. The lowest BCUT2D eigenvalue weighted by Crippen LogP contribution is -2.30. The van der Waals surface area contributed by atoms with Gasteiger partial charge >= 0.3 is 0 Å². The van der Waals surface area contributed by atoms with Crippen molar-refractivity contribution in [1.82, 2.24) is 4.98 Å². The van der Waals surface area contributed by atoms with Gasteiger partial charge in [0.05, 0.1) is 36.5 Å². The van der Waals surface area contributed by atoms with Crippen LogP contribution in [0.3, 0.4) is 0 Å². The number of carbonyl (C=O) groups excluding carboxylic acids is 1. The molecule has 0 bridgehead atoms. The van der Waals surface area contributed by atoms with E-state index < -0.39 is 5.91 Å². The van der Waals surface area contributed by atoms with Crippen LogP contribution >= 0.6 is 11.3 Å². The molecule has 3 heterocycles. The van der Waals surface area contributed by atoms with Crippen LogP contribution < -0.4 is 25.8 Å². The Labute approximate surface area is 160 Å². The number of aromatic nitrogens is 1. The van der Waals surface area contributed by atoms with E-state index in [1.807, 2.05) is 12.1 Å². The van der Waals surface area contributed by atoms with Crippen molar-refractivity contribution in [2.75, 3.05) is 31.4 Å². The number of primary amides is 1. The SMILES string of the molecule is COc1cc2c(cc1OC)CN(c1cncc3sc(C(N)=O)c(N)c13)CC2. The first kappa shape index (κ1) is 17.4. The van der Waals surface area contributed by atoms with Crippen LogP contribution in [0, 0.1) is 0 Å². The number of hydrogen-bond donors (Lipinski definition) is 2. The second-order valence-electron chi connectivity index (χ2n) is 6.39. The number of rotatable bonds is 4. The summed E-state index contributed by atoms with van der Waals surface area (Å²) in [6.45, 7) is 1.50. The minimum Gasteiger partial charge on any atom is -0.493 e. The van der Waals surface area contributed by atoms with Gasteiger partial charge in [-0.3, -0.25) is 9.78 Å². The molecule has 0 fully saturated rings. The average Bonchev–Trinajstić information content (AvgIpc) is 3.03. The molecule has 4 rings (SSSR count). The maximum absolute atomic E-state index is 11.7. The van der Waals surface area contributed by atoms with Gasteiger partial charge in [-0.25, -0.2) is 0 Å². The third-order valence-electron chi connectivity index (χ3n) is 4.90. The molecule has 27 heavy (non-hydrogen) atoms. The Bertz CT molecular complexity index is 1050. The second kappa shape index (κ2) is 6.62. The van der Waals surface area contributed by atoms with Gasteiger partial charge in [0.1, 0.15) is 4.88 Å². The van der Waals surface area contributed by atoms with Crippen LogP contribution in [-0.4, -0.2) is 31.7 Å². The highest BCUT2D eigenvalue weighted by atomic mass is 32.1. The molecule has 1 aliphatic rings. The van der Waals surface area contributed by atoms with E-state index in [-0.39, 0.29) is 0 Å². The van der Waals surface area contributed by atoms with Crippen molar-refractivity contribution >= 4 is 38.7 Å². The van der Waals surface area contributed by atoms with Crippen molar-refractivity contribution in [3.8, 4) is 11.5 Å². The molecule has 1 aromatic carbocycles. The summed E-state index contributed by atoms with van der Waals surface area (Å²) in [5.41, 5.74) is 15.4. The summed E-state index contributed by atoms with van der Waals surface area (Å²) < 4.78 is 11.7. The maximum atomic E-state index is 11.7. The number of methoxy groups -OCH3 is 2. The first-order chi connectivity index (χ1) is 13.0. The van der Waals surface area contributed by atoms with Gasteiger partial charge in [0.15, 0.2) is 11.5 Å². The quantitative estimate of drug-likeness (QED) is 0.716. The number of amides is 1. The van der Waals surface area contributed by atoms with E-state index in [0.29, 0.717) is 22.9 Å². The average molecular weight is 384 g/mol. The van der Waals surface area contributed by atoms with Gasteiger partial charge in [-0.1, -0.05) is 0 Å². The number of anilines is 2. The summed E-state index contributed by atoms with van der Waals surface area (Å²) >= 11 is 1.28. The predicted molar refractivity (Wildman–Crippen MR) is 107 cm³/mol. The molecule has 1 aliphatic heterocycles. The minimum absolute atomic E-state index is 0.378. The van der Waals surface area contributed by atoms with E-state index in [2.05, 4.69) is 9.88 Å². The highest BCUT2D eigenvalue weighted by molar-refractivity contribution is 7.21. The Morgan fingerprint density at radius 1 is 1.19 bits per heavy atom. The molecule has 140 valence electrons. The zero-order valence-electron chi connectivity index (χ0n) is 15.1. The monoisotopic (exact) mass is 384 g/mol. The number of fused-ring (bicyclic) bond motifs is 2. The molecular formula is C19H20N4O3S. The third kappa shape index (κ3) is 2.82. The van der Waals surface area contributed by atoms with Gasteiger partial charge in [0, 0.05) is 24.7 Å². The summed E-state index contributed by atoms with van der Waals surface area (Å²) in [6, 6.07) is 4.05. The van der Waals surface area contributed by atoms with Crippen molar-refractivity contribution in [3.63, 3.8) is 0 Å². The Hall–Kier alpha value is -3.00. The maximum Gasteiger partial charge on any atom is 0.260 e. The Balaban J connectivity index is 1.77. The number of nitrogens with two attached hydrogens (primary N) is 2. The number of nitrogen functional groups attached to an aromatic ring is 1. The fraction of sp³-hybridized carbons (Fsp3) is 0.263. The molecule has 0 saturated carbocycles. The highest BCUT2D eigenvalue weighted by Gasteiger charge is 2.24. The van der Waals surface area contributed by atoms with Crippen molar-refractivity contribution in [2.45, 2.75) is 13.0 Å². The van der Waals surface area contributed by atoms with Crippen molar-refractivity contribution in [2.24, 2.45) is 5.73 Å². The Morgan fingerprint density at radius 3 is 2.56 bits per heavy atom. The molecule has 0 atom stereocenters. The largest absolute Gasteiger partial charge is 0.493 e. The van der Waals surface area contributed by atoms with Crippen LogP contribution in [0.2, 0.25) is 0 Å². The van der Waals surface area contributed by atoms with Crippen molar-refractivity contribution in [1.29, 1.82) is 0 Å². The van der Waals surface area contributed by atoms with Crippen LogP contribution in [0.4, 0.5) is 11.4 Å². The van der Waals surface area contributed by atoms with Crippen molar-refractivity contribution in [3.05, 3.63) is 40.5 Å². The molecule has 7 nitrogen and oxygen atoms in total. The van der Waals surface area contributed by atoms with Gasteiger partial charge in [-0.2, -0.15) is 0 Å². The zero-order chi connectivity index (χ0) is 19.1. The minimum atomic E-state index is -0.513. The molecule has 0 radical (unpaired) electrons. The first-order valence-electron chi connectivity index (χ1n) is 8.48. The standard InChI is InChI=1S/C19H20N4O3S/c1-25-13-5-10-3-4-23(9-11(10)6-14(13)26-2)12-7-22-8-15-16(12)17(20)18(27-15)19(21)24/h5-8H,3-4,9,20H2,1-2H3,(H2,21,24). The fourth-order valence-corrected chi connectivity index (χ4v) is 4.53. The Morgan fingerprint density at radius 2 is 1.89 bits per heavy atom. The van der Waals surface area contributed by atoms with E-state index in [4.69, 9.17) is 20.9 Å². The highest BCUT2D eigenvalue weighted by Crippen LogP contribution is 2.41. The van der Waals surface area contributed by atoms with E-state index in [1.165, 1.54) is 22.5 Å². The lowest BCUT2D eigenvalue weighted by molar-refractivity contribution is 0.100.